The largest absolute Gasteiger partial charge is 0.381 e. The van der Waals surface area contributed by atoms with Crippen LogP contribution in [0.5, 0.6) is 0 Å². The summed E-state index contributed by atoms with van der Waals surface area (Å²) in [7, 11) is -3.32. The fraction of sp³-hybridized carbons (Fsp3) is 0.571. The third-order valence-electron chi connectivity index (χ3n) is 2.82. The lowest BCUT2D eigenvalue weighted by molar-refractivity contribution is 0.133. The third-order valence-corrected chi connectivity index (χ3v) is 4.15. The molecule has 0 radical (unpaired) electrons. The van der Waals surface area contributed by atoms with Crippen LogP contribution in [0.3, 0.4) is 0 Å². The molecule has 0 atom stereocenters. The average Bonchev–Trinajstić information content (AvgIpc) is 2.43. The standard InChI is InChI=1S/C14H24N2O3S/c1-2-9-19-10-5-8-16-20(17,18)12-14-7-4-3-6-13(14)11-15/h3-4,6-7,16H,2,5,8-12,15H2,1H3. The second-order valence-electron chi connectivity index (χ2n) is 4.59. The summed E-state index contributed by atoms with van der Waals surface area (Å²) >= 11 is 0. The highest BCUT2D eigenvalue weighted by atomic mass is 32.2. The van der Waals surface area contributed by atoms with Gasteiger partial charge in [0.05, 0.1) is 5.75 Å². The number of hydrogen-bond donors (Lipinski definition) is 2. The van der Waals surface area contributed by atoms with Crippen molar-refractivity contribution < 1.29 is 13.2 Å². The van der Waals surface area contributed by atoms with Crippen LogP contribution in [0.2, 0.25) is 0 Å². The molecule has 0 heterocycles. The zero-order valence-corrected chi connectivity index (χ0v) is 12.8. The summed E-state index contributed by atoms with van der Waals surface area (Å²) in [6.45, 7) is 4.08. The van der Waals surface area contributed by atoms with Gasteiger partial charge in [0, 0.05) is 26.3 Å². The van der Waals surface area contributed by atoms with Crippen molar-refractivity contribution in [1.82, 2.24) is 4.72 Å². The van der Waals surface area contributed by atoms with E-state index in [1.54, 1.807) is 6.07 Å². The summed E-state index contributed by atoms with van der Waals surface area (Å²) < 4.78 is 31.8. The molecule has 0 amide bonds. The van der Waals surface area contributed by atoms with Crippen molar-refractivity contribution in [3.05, 3.63) is 35.4 Å². The Kier molecular flexibility index (Phi) is 7.76. The predicted octanol–water partition coefficient (Wildman–Crippen LogP) is 1.38. The molecule has 0 spiro atoms. The normalized spacial score (nSPS) is 11.7. The van der Waals surface area contributed by atoms with Gasteiger partial charge in [0.2, 0.25) is 10.0 Å². The Balaban J connectivity index is 2.41. The molecule has 114 valence electrons. The fourth-order valence-electron chi connectivity index (χ4n) is 1.80. The molecular formula is C14H24N2O3S. The maximum Gasteiger partial charge on any atom is 0.215 e. The van der Waals surface area contributed by atoms with Crippen LogP contribution in [-0.2, 0) is 27.1 Å². The van der Waals surface area contributed by atoms with Crippen LogP contribution in [0.25, 0.3) is 0 Å². The summed E-state index contributed by atoms with van der Waals surface area (Å²) in [5, 5.41) is 0. The Hall–Kier alpha value is -0.950. The maximum atomic E-state index is 12.0. The minimum atomic E-state index is -3.32. The minimum absolute atomic E-state index is 0.0316. The highest BCUT2D eigenvalue weighted by Crippen LogP contribution is 2.11. The number of ether oxygens (including phenoxy) is 1. The number of hydrogen-bond acceptors (Lipinski definition) is 4. The number of benzene rings is 1. The quantitative estimate of drug-likeness (QED) is 0.640. The molecule has 20 heavy (non-hydrogen) atoms. The van der Waals surface area contributed by atoms with Crippen LogP contribution in [0.1, 0.15) is 30.9 Å². The van der Waals surface area contributed by atoms with Gasteiger partial charge in [-0.1, -0.05) is 31.2 Å². The van der Waals surface area contributed by atoms with Crippen LogP contribution in [0.4, 0.5) is 0 Å². The number of nitrogens with one attached hydrogen (secondary N) is 1. The van der Waals surface area contributed by atoms with E-state index >= 15 is 0 Å². The Morgan fingerprint density at radius 3 is 2.55 bits per heavy atom. The molecule has 6 heteroatoms. The van der Waals surface area contributed by atoms with E-state index in [4.69, 9.17) is 10.5 Å². The second kappa shape index (κ2) is 9.07. The van der Waals surface area contributed by atoms with Crippen molar-refractivity contribution in [3.8, 4) is 0 Å². The molecule has 0 aliphatic rings. The molecule has 0 saturated heterocycles. The lowest BCUT2D eigenvalue weighted by atomic mass is 10.1. The zero-order valence-electron chi connectivity index (χ0n) is 12.0. The van der Waals surface area contributed by atoms with Gasteiger partial charge in [-0.2, -0.15) is 0 Å². The first-order valence-electron chi connectivity index (χ1n) is 6.91. The average molecular weight is 300 g/mol. The SMILES string of the molecule is CCCOCCCNS(=O)(=O)Cc1ccccc1CN. The van der Waals surface area contributed by atoms with Crippen molar-refractivity contribution >= 4 is 10.0 Å². The van der Waals surface area contributed by atoms with Gasteiger partial charge >= 0.3 is 0 Å². The Morgan fingerprint density at radius 1 is 1.20 bits per heavy atom. The second-order valence-corrected chi connectivity index (χ2v) is 6.40. The van der Waals surface area contributed by atoms with Crippen LogP contribution in [-0.4, -0.2) is 28.2 Å². The molecule has 1 rings (SSSR count). The molecule has 0 aliphatic carbocycles. The monoisotopic (exact) mass is 300 g/mol. The van der Waals surface area contributed by atoms with Crippen LogP contribution in [0.15, 0.2) is 24.3 Å². The summed E-state index contributed by atoms with van der Waals surface area (Å²) in [5.41, 5.74) is 7.23. The first-order valence-corrected chi connectivity index (χ1v) is 8.56. The van der Waals surface area contributed by atoms with Gasteiger partial charge in [0.1, 0.15) is 0 Å². The fourth-order valence-corrected chi connectivity index (χ4v) is 3.05. The van der Waals surface area contributed by atoms with Gasteiger partial charge in [-0.15, -0.1) is 0 Å². The van der Waals surface area contributed by atoms with E-state index < -0.39 is 10.0 Å². The summed E-state index contributed by atoms with van der Waals surface area (Å²) in [6, 6.07) is 7.33. The number of rotatable bonds is 10. The molecule has 0 unspecified atom stereocenters. The zero-order chi connectivity index (χ0) is 14.8. The maximum absolute atomic E-state index is 12.0. The van der Waals surface area contributed by atoms with Crippen molar-refractivity contribution in [3.63, 3.8) is 0 Å². The summed E-state index contributed by atoms with van der Waals surface area (Å²) in [4.78, 5) is 0. The number of sulfonamides is 1. The van der Waals surface area contributed by atoms with Gasteiger partial charge in [-0.05, 0) is 24.0 Å². The Morgan fingerprint density at radius 2 is 1.90 bits per heavy atom. The van der Waals surface area contributed by atoms with Gasteiger partial charge in [0.25, 0.3) is 0 Å². The topological polar surface area (TPSA) is 81.4 Å². The molecule has 0 fully saturated rings. The van der Waals surface area contributed by atoms with E-state index in [-0.39, 0.29) is 5.75 Å². The molecule has 1 aromatic carbocycles. The molecule has 3 N–H and O–H groups in total. The molecular weight excluding hydrogens is 276 g/mol. The third kappa shape index (κ3) is 6.47. The van der Waals surface area contributed by atoms with Gasteiger partial charge in [-0.3, -0.25) is 0 Å². The van der Waals surface area contributed by atoms with Gasteiger partial charge in [0.15, 0.2) is 0 Å². The Labute approximate surface area is 121 Å². The predicted molar refractivity (Wildman–Crippen MR) is 80.7 cm³/mol. The molecule has 1 aromatic rings. The van der Waals surface area contributed by atoms with E-state index in [1.807, 2.05) is 25.1 Å². The summed E-state index contributed by atoms with van der Waals surface area (Å²) in [5.74, 6) is -0.0316. The van der Waals surface area contributed by atoms with Crippen molar-refractivity contribution in [2.45, 2.75) is 32.1 Å². The van der Waals surface area contributed by atoms with Gasteiger partial charge in [-0.25, -0.2) is 13.1 Å². The minimum Gasteiger partial charge on any atom is -0.381 e. The molecule has 5 nitrogen and oxygen atoms in total. The molecule has 0 aromatic heterocycles. The summed E-state index contributed by atoms with van der Waals surface area (Å²) in [6.07, 6.45) is 1.65. The van der Waals surface area contributed by atoms with Crippen molar-refractivity contribution in [2.75, 3.05) is 19.8 Å². The highest BCUT2D eigenvalue weighted by molar-refractivity contribution is 7.88. The van der Waals surface area contributed by atoms with E-state index in [0.717, 1.165) is 24.2 Å². The lowest BCUT2D eigenvalue weighted by Crippen LogP contribution is -2.27. The molecule has 0 bridgehead atoms. The van der Waals surface area contributed by atoms with Crippen molar-refractivity contribution in [2.24, 2.45) is 5.73 Å². The first-order chi connectivity index (χ1) is 9.59. The van der Waals surface area contributed by atoms with E-state index in [9.17, 15) is 8.42 Å². The number of nitrogens with two attached hydrogens (primary N) is 1. The van der Waals surface area contributed by atoms with E-state index in [2.05, 4.69) is 4.72 Å². The molecule has 0 aliphatic heterocycles. The van der Waals surface area contributed by atoms with Crippen LogP contribution in [0, 0.1) is 0 Å². The smallest absolute Gasteiger partial charge is 0.215 e. The van der Waals surface area contributed by atoms with E-state index in [0.29, 0.717) is 26.1 Å². The Bertz CT molecular complexity index is 489. The van der Waals surface area contributed by atoms with Crippen LogP contribution >= 0.6 is 0 Å². The van der Waals surface area contributed by atoms with Crippen LogP contribution < -0.4 is 10.5 Å². The first kappa shape index (κ1) is 17.1. The van der Waals surface area contributed by atoms with Crippen molar-refractivity contribution in [1.29, 1.82) is 0 Å². The molecule has 0 saturated carbocycles. The van der Waals surface area contributed by atoms with E-state index in [1.165, 1.54) is 0 Å². The van der Waals surface area contributed by atoms with Gasteiger partial charge < -0.3 is 10.5 Å². The highest BCUT2D eigenvalue weighted by Gasteiger charge is 2.12. The lowest BCUT2D eigenvalue weighted by Gasteiger charge is -2.10.